The first kappa shape index (κ1) is 21.6. The smallest absolute Gasteiger partial charge is 0.226 e. The molecule has 36 heavy (non-hydrogen) atoms. The number of hydrogen-bond donors (Lipinski definition) is 3. The highest BCUT2D eigenvalue weighted by atomic mass is 16.1. The standard InChI is InChI=1S/C27H22N8O/c1-15(2)27(36)32-19-8-17(12-29-14-19)18-9-22-24(34-35-26(22)31-13-18)23-10-21-20(5-7-30-25(21)33-23)16-4-3-6-28-11-16/h3-15H,1-2H3,(H,30,33)(H,32,36)(H,31,34,35). The number of fused-ring (bicyclic) bond motifs is 2. The average molecular weight is 475 g/mol. The summed E-state index contributed by atoms with van der Waals surface area (Å²) in [6, 6.07) is 11.9. The second-order valence-electron chi connectivity index (χ2n) is 8.85. The van der Waals surface area contributed by atoms with E-state index >= 15 is 0 Å². The van der Waals surface area contributed by atoms with Gasteiger partial charge in [0.05, 0.1) is 23.3 Å². The average Bonchev–Trinajstić information content (AvgIpc) is 3.53. The Hall–Kier alpha value is -4.92. The summed E-state index contributed by atoms with van der Waals surface area (Å²) in [6.45, 7) is 3.70. The molecule has 0 atom stereocenters. The maximum atomic E-state index is 12.1. The summed E-state index contributed by atoms with van der Waals surface area (Å²) in [7, 11) is 0. The molecule has 0 bridgehead atoms. The Morgan fingerprint density at radius 1 is 0.889 bits per heavy atom. The lowest BCUT2D eigenvalue weighted by Gasteiger charge is -2.09. The van der Waals surface area contributed by atoms with E-state index in [9.17, 15) is 4.79 Å². The van der Waals surface area contributed by atoms with Crippen LogP contribution < -0.4 is 5.32 Å². The molecule has 9 nitrogen and oxygen atoms in total. The summed E-state index contributed by atoms with van der Waals surface area (Å²) in [5.41, 5.74) is 7.46. The molecule has 6 rings (SSSR count). The van der Waals surface area contributed by atoms with Gasteiger partial charge in [-0.05, 0) is 35.9 Å². The minimum absolute atomic E-state index is 0.0577. The van der Waals surface area contributed by atoms with Crippen LogP contribution in [0.5, 0.6) is 0 Å². The minimum Gasteiger partial charge on any atom is -0.338 e. The second-order valence-corrected chi connectivity index (χ2v) is 8.85. The van der Waals surface area contributed by atoms with Crippen LogP contribution in [-0.4, -0.2) is 41.0 Å². The van der Waals surface area contributed by atoms with Gasteiger partial charge in [0, 0.05) is 64.4 Å². The van der Waals surface area contributed by atoms with Crippen molar-refractivity contribution in [1.82, 2.24) is 35.1 Å². The van der Waals surface area contributed by atoms with Gasteiger partial charge < -0.3 is 10.3 Å². The first-order valence-corrected chi connectivity index (χ1v) is 11.6. The van der Waals surface area contributed by atoms with Gasteiger partial charge in [-0.15, -0.1) is 0 Å². The molecule has 0 unspecified atom stereocenters. The summed E-state index contributed by atoms with van der Waals surface area (Å²) < 4.78 is 0. The molecule has 3 N–H and O–H groups in total. The Morgan fingerprint density at radius 3 is 2.58 bits per heavy atom. The van der Waals surface area contributed by atoms with E-state index in [1.54, 1.807) is 31.0 Å². The van der Waals surface area contributed by atoms with Crippen molar-refractivity contribution in [2.75, 3.05) is 5.32 Å². The number of H-pyrrole nitrogens is 2. The summed E-state index contributed by atoms with van der Waals surface area (Å²) >= 11 is 0. The molecule has 1 amide bonds. The lowest BCUT2D eigenvalue weighted by molar-refractivity contribution is -0.118. The highest BCUT2D eigenvalue weighted by Crippen LogP contribution is 2.34. The number of aromatic amines is 2. The van der Waals surface area contributed by atoms with Gasteiger partial charge in [-0.25, -0.2) is 9.97 Å². The van der Waals surface area contributed by atoms with Gasteiger partial charge in [-0.3, -0.25) is 19.9 Å². The van der Waals surface area contributed by atoms with E-state index in [-0.39, 0.29) is 11.8 Å². The predicted octanol–water partition coefficient (Wildman–Crippen LogP) is 5.22. The van der Waals surface area contributed by atoms with Crippen molar-refractivity contribution in [1.29, 1.82) is 0 Å². The molecular weight excluding hydrogens is 452 g/mol. The fourth-order valence-electron chi connectivity index (χ4n) is 4.15. The molecule has 0 aromatic carbocycles. The Bertz CT molecular complexity index is 1720. The molecule has 0 radical (unpaired) electrons. The number of nitrogens with one attached hydrogen (secondary N) is 3. The highest BCUT2D eigenvalue weighted by Gasteiger charge is 2.16. The van der Waals surface area contributed by atoms with Crippen LogP contribution in [-0.2, 0) is 4.79 Å². The van der Waals surface area contributed by atoms with Gasteiger partial charge in [-0.1, -0.05) is 19.9 Å². The minimum atomic E-state index is -0.121. The molecule has 0 saturated carbocycles. The number of carbonyl (C=O) groups is 1. The highest BCUT2D eigenvalue weighted by molar-refractivity contribution is 6.00. The van der Waals surface area contributed by atoms with E-state index in [0.29, 0.717) is 11.3 Å². The van der Waals surface area contributed by atoms with Crippen LogP contribution in [0, 0.1) is 5.92 Å². The number of hydrogen-bond acceptors (Lipinski definition) is 6. The molecule has 6 heterocycles. The van der Waals surface area contributed by atoms with Crippen molar-refractivity contribution in [3.63, 3.8) is 0 Å². The molecule has 0 saturated heterocycles. The molecule has 6 aromatic rings. The Kier molecular flexibility index (Phi) is 5.22. The van der Waals surface area contributed by atoms with E-state index in [2.05, 4.69) is 46.5 Å². The fraction of sp³-hybridized carbons (Fsp3) is 0.111. The zero-order valence-electron chi connectivity index (χ0n) is 19.6. The van der Waals surface area contributed by atoms with Crippen LogP contribution in [0.3, 0.4) is 0 Å². The largest absolute Gasteiger partial charge is 0.338 e. The van der Waals surface area contributed by atoms with Gasteiger partial charge >= 0.3 is 0 Å². The molecule has 0 aliphatic carbocycles. The van der Waals surface area contributed by atoms with Crippen LogP contribution in [0.2, 0.25) is 0 Å². The van der Waals surface area contributed by atoms with Crippen molar-refractivity contribution < 1.29 is 4.79 Å². The number of rotatable bonds is 5. The molecule has 176 valence electrons. The fourth-order valence-corrected chi connectivity index (χ4v) is 4.15. The number of amides is 1. The molecule has 6 aromatic heterocycles. The topological polar surface area (TPSA) is 125 Å². The third-order valence-corrected chi connectivity index (χ3v) is 6.05. The number of aromatic nitrogens is 7. The molecule has 0 spiro atoms. The summed E-state index contributed by atoms with van der Waals surface area (Å²) in [5.74, 6) is -0.178. The third-order valence-electron chi connectivity index (χ3n) is 6.05. The molecule has 0 fully saturated rings. The van der Waals surface area contributed by atoms with Crippen LogP contribution in [0.1, 0.15) is 13.8 Å². The van der Waals surface area contributed by atoms with E-state index < -0.39 is 0 Å². The van der Waals surface area contributed by atoms with Gasteiger partial charge in [0.25, 0.3) is 0 Å². The Labute approximate surface area is 206 Å². The summed E-state index contributed by atoms with van der Waals surface area (Å²) in [6.07, 6.45) is 10.5. The van der Waals surface area contributed by atoms with E-state index in [1.807, 2.05) is 50.4 Å². The molecular formula is C27H22N8O. The van der Waals surface area contributed by atoms with Gasteiger partial charge in [0.2, 0.25) is 5.91 Å². The number of carbonyl (C=O) groups excluding carboxylic acids is 1. The normalized spacial score (nSPS) is 11.4. The van der Waals surface area contributed by atoms with Crippen molar-refractivity contribution >= 4 is 33.7 Å². The SMILES string of the molecule is CC(C)C(=O)Nc1cncc(-c2cnc3n[nH]c(-c4cc5c(-c6cccnc6)ccnc5[nH]4)c3c2)c1. The lowest BCUT2D eigenvalue weighted by atomic mass is 10.0. The van der Waals surface area contributed by atoms with Gasteiger partial charge in [0.15, 0.2) is 5.65 Å². The van der Waals surface area contributed by atoms with Crippen LogP contribution in [0.4, 0.5) is 5.69 Å². The Balaban J connectivity index is 1.41. The van der Waals surface area contributed by atoms with Crippen LogP contribution in [0.15, 0.2) is 73.6 Å². The summed E-state index contributed by atoms with van der Waals surface area (Å²) in [5, 5.41) is 12.3. The Morgan fingerprint density at radius 2 is 1.75 bits per heavy atom. The van der Waals surface area contributed by atoms with Crippen molar-refractivity contribution in [3.05, 3.63) is 73.6 Å². The molecule has 0 aliphatic heterocycles. The first-order chi connectivity index (χ1) is 17.6. The van der Waals surface area contributed by atoms with Crippen LogP contribution >= 0.6 is 0 Å². The second kappa shape index (κ2) is 8.70. The predicted molar refractivity (Wildman–Crippen MR) is 139 cm³/mol. The maximum Gasteiger partial charge on any atom is 0.226 e. The van der Waals surface area contributed by atoms with Crippen molar-refractivity contribution in [3.8, 4) is 33.6 Å². The van der Waals surface area contributed by atoms with Gasteiger partial charge in [0.1, 0.15) is 5.65 Å². The number of anilines is 1. The maximum absolute atomic E-state index is 12.1. The van der Waals surface area contributed by atoms with E-state index in [1.165, 1.54) is 0 Å². The molecule has 0 aliphatic rings. The van der Waals surface area contributed by atoms with E-state index in [4.69, 9.17) is 0 Å². The monoisotopic (exact) mass is 474 g/mol. The number of pyridine rings is 4. The quantitative estimate of drug-likeness (QED) is 0.315. The lowest BCUT2D eigenvalue weighted by Crippen LogP contribution is -2.17. The zero-order valence-corrected chi connectivity index (χ0v) is 19.6. The van der Waals surface area contributed by atoms with Crippen molar-refractivity contribution in [2.24, 2.45) is 5.92 Å². The zero-order chi connectivity index (χ0) is 24.6. The first-order valence-electron chi connectivity index (χ1n) is 11.6. The van der Waals surface area contributed by atoms with Crippen LogP contribution in [0.25, 0.3) is 55.7 Å². The van der Waals surface area contributed by atoms with Gasteiger partial charge in [-0.2, -0.15) is 5.10 Å². The van der Waals surface area contributed by atoms with Crippen molar-refractivity contribution in [2.45, 2.75) is 13.8 Å². The third kappa shape index (κ3) is 3.86. The summed E-state index contributed by atoms with van der Waals surface area (Å²) in [4.78, 5) is 33.1. The molecule has 9 heteroatoms. The van der Waals surface area contributed by atoms with E-state index in [0.717, 1.165) is 50.1 Å². The number of nitrogens with zero attached hydrogens (tertiary/aromatic N) is 5.